The van der Waals surface area contributed by atoms with Crippen molar-refractivity contribution in [3.05, 3.63) is 99.8 Å². The molecule has 3 aromatic carbocycles. The standard InChI is InChI=1S/C32H32N2O4/c1-19-15-23(20(2)33-26-13-9-7-12-22(26)31(36)38-32(3,4)5)30-24(16-19)28(35)17-29(37-30)25-18-34(6)27-14-10-8-11-21(25)27/h7-18,20,33H,1-6H3. The second-order valence-corrected chi connectivity index (χ2v) is 10.8. The zero-order chi connectivity index (χ0) is 27.2. The summed E-state index contributed by atoms with van der Waals surface area (Å²) in [6.07, 6.45) is 1.99. The lowest BCUT2D eigenvalue weighted by atomic mass is 10.00. The summed E-state index contributed by atoms with van der Waals surface area (Å²) in [7, 11) is 1.98. The van der Waals surface area contributed by atoms with Crippen molar-refractivity contribution < 1.29 is 13.9 Å². The van der Waals surface area contributed by atoms with Crippen LogP contribution in [0.3, 0.4) is 0 Å². The third kappa shape index (κ3) is 4.82. The number of benzene rings is 3. The molecule has 0 aliphatic rings. The Hall–Kier alpha value is -4.32. The Bertz CT molecular complexity index is 1740. The maximum Gasteiger partial charge on any atom is 0.340 e. The van der Waals surface area contributed by atoms with Gasteiger partial charge in [-0.15, -0.1) is 0 Å². The zero-order valence-corrected chi connectivity index (χ0v) is 22.6. The summed E-state index contributed by atoms with van der Waals surface area (Å²) < 4.78 is 14.1. The number of para-hydroxylation sites is 2. The van der Waals surface area contributed by atoms with Gasteiger partial charge in [0.15, 0.2) is 5.43 Å². The largest absolute Gasteiger partial charge is 0.456 e. The van der Waals surface area contributed by atoms with Gasteiger partial charge in [-0.25, -0.2) is 4.79 Å². The molecule has 0 bridgehead atoms. The summed E-state index contributed by atoms with van der Waals surface area (Å²) in [5.41, 5.74) is 4.63. The number of fused-ring (bicyclic) bond motifs is 2. The van der Waals surface area contributed by atoms with Gasteiger partial charge in [0, 0.05) is 47.0 Å². The molecule has 0 aliphatic carbocycles. The normalized spacial score (nSPS) is 12.6. The lowest BCUT2D eigenvalue weighted by Crippen LogP contribution is -2.24. The van der Waals surface area contributed by atoms with Crippen molar-refractivity contribution in [1.29, 1.82) is 0 Å². The van der Waals surface area contributed by atoms with Gasteiger partial charge in [-0.2, -0.15) is 0 Å². The maximum atomic E-state index is 13.3. The lowest BCUT2D eigenvalue weighted by Gasteiger charge is -2.22. The Balaban J connectivity index is 1.60. The van der Waals surface area contributed by atoms with Crippen molar-refractivity contribution in [2.75, 3.05) is 5.32 Å². The van der Waals surface area contributed by atoms with E-state index in [1.54, 1.807) is 12.1 Å². The van der Waals surface area contributed by atoms with E-state index >= 15 is 0 Å². The number of carbonyl (C=O) groups excluding carboxylic acids is 1. The highest BCUT2D eigenvalue weighted by molar-refractivity contribution is 5.97. The monoisotopic (exact) mass is 508 g/mol. The Morgan fingerprint density at radius 3 is 2.47 bits per heavy atom. The van der Waals surface area contributed by atoms with Crippen LogP contribution < -0.4 is 10.7 Å². The van der Waals surface area contributed by atoms with Crippen LogP contribution in [0.2, 0.25) is 0 Å². The van der Waals surface area contributed by atoms with Crippen LogP contribution in [0.5, 0.6) is 0 Å². The molecule has 1 atom stereocenters. The van der Waals surface area contributed by atoms with Crippen LogP contribution in [0.15, 0.2) is 82.1 Å². The highest BCUT2D eigenvalue weighted by Crippen LogP contribution is 2.34. The SMILES string of the molecule is Cc1cc(C(C)Nc2ccccc2C(=O)OC(C)(C)C)c2oc(-c3cn(C)c4ccccc34)cc(=O)c2c1. The van der Waals surface area contributed by atoms with Crippen molar-refractivity contribution in [2.24, 2.45) is 7.05 Å². The number of nitrogens with one attached hydrogen (secondary N) is 1. The van der Waals surface area contributed by atoms with Gasteiger partial charge < -0.3 is 19.0 Å². The molecule has 0 fully saturated rings. The minimum Gasteiger partial charge on any atom is -0.456 e. The number of rotatable bonds is 5. The number of anilines is 1. The average Bonchev–Trinajstić information content (AvgIpc) is 3.20. The highest BCUT2D eigenvalue weighted by Gasteiger charge is 2.22. The van der Waals surface area contributed by atoms with Gasteiger partial charge >= 0.3 is 5.97 Å². The van der Waals surface area contributed by atoms with Crippen molar-refractivity contribution in [3.8, 4) is 11.3 Å². The number of hydrogen-bond acceptors (Lipinski definition) is 5. The van der Waals surface area contributed by atoms with Gasteiger partial charge in [-0.1, -0.05) is 36.4 Å². The quantitative estimate of drug-likeness (QED) is 0.251. The summed E-state index contributed by atoms with van der Waals surface area (Å²) >= 11 is 0. The molecule has 0 aliphatic heterocycles. The molecule has 0 radical (unpaired) electrons. The molecule has 1 unspecified atom stereocenters. The summed E-state index contributed by atoms with van der Waals surface area (Å²) in [5.74, 6) is 0.123. The van der Waals surface area contributed by atoms with Crippen LogP contribution in [0, 0.1) is 6.92 Å². The summed E-state index contributed by atoms with van der Waals surface area (Å²) in [6.45, 7) is 9.49. The molecular weight excluding hydrogens is 476 g/mol. The molecule has 0 saturated heterocycles. The molecule has 6 nitrogen and oxygen atoms in total. The topological polar surface area (TPSA) is 73.5 Å². The lowest BCUT2D eigenvalue weighted by molar-refractivity contribution is 0.00706. The number of aromatic nitrogens is 1. The fourth-order valence-corrected chi connectivity index (χ4v) is 4.86. The minimum absolute atomic E-state index is 0.0968. The number of ether oxygens (including phenoxy) is 1. The van der Waals surface area contributed by atoms with Crippen molar-refractivity contribution in [3.63, 3.8) is 0 Å². The van der Waals surface area contributed by atoms with Gasteiger partial charge in [0.05, 0.1) is 17.0 Å². The van der Waals surface area contributed by atoms with E-state index in [0.717, 1.165) is 27.6 Å². The number of carbonyl (C=O) groups is 1. The zero-order valence-electron chi connectivity index (χ0n) is 22.6. The number of nitrogens with zero attached hydrogens (tertiary/aromatic N) is 1. The molecule has 38 heavy (non-hydrogen) atoms. The first kappa shape index (κ1) is 25.3. The average molecular weight is 509 g/mol. The summed E-state index contributed by atoms with van der Waals surface area (Å²) in [4.78, 5) is 26.2. The summed E-state index contributed by atoms with van der Waals surface area (Å²) in [5, 5.41) is 5.00. The first-order valence-electron chi connectivity index (χ1n) is 12.7. The van der Waals surface area contributed by atoms with Crippen molar-refractivity contribution >= 4 is 33.5 Å². The van der Waals surface area contributed by atoms with Crippen molar-refractivity contribution in [1.82, 2.24) is 4.57 Å². The van der Waals surface area contributed by atoms with Gasteiger partial charge in [0.2, 0.25) is 0 Å². The molecule has 6 heteroatoms. The number of aryl methyl sites for hydroxylation is 2. The molecule has 0 spiro atoms. The van der Waals surface area contributed by atoms with Crippen LogP contribution in [-0.2, 0) is 11.8 Å². The van der Waals surface area contributed by atoms with Crippen LogP contribution in [0.4, 0.5) is 5.69 Å². The Morgan fingerprint density at radius 1 is 1.00 bits per heavy atom. The van der Waals surface area contributed by atoms with Gasteiger partial charge in [-0.3, -0.25) is 4.79 Å². The molecule has 0 saturated carbocycles. The molecule has 2 aromatic heterocycles. The number of hydrogen-bond donors (Lipinski definition) is 1. The maximum absolute atomic E-state index is 13.3. The van der Waals surface area contributed by atoms with E-state index in [4.69, 9.17) is 9.15 Å². The fourth-order valence-electron chi connectivity index (χ4n) is 4.86. The third-order valence-corrected chi connectivity index (χ3v) is 6.55. The first-order valence-corrected chi connectivity index (χ1v) is 12.7. The van der Waals surface area contributed by atoms with E-state index in [9.17, 15) is 9.59 Å². The first-order chi connectivity index (χ1) is 18.0. The van der Waals surface area contributed by atoms with Crippen LogP contribution >= 0.6 is 0 Å². The molecule has 0 amide bonds. The smallest absolute Gasteiger partial charge is 0.340 e. The fraction of sp³-hybridized carbons (Fsp3) is 0.250. The van der Waals surface area contributed by atoms with Crippen LogP contribution in [0.25, 0.3) is 33.2 Å². The van der Waals surface area contributed by atoms with E-state index in [1.807, 2.05) is 107 Å². The van der Waals surface area contributed by atoms with Gasteiger partial charge in [0.25, 0.3) is 0 Å². The molecule has 5 aromatic rings. The van der Waals surface area contributed by atoms with Gasteiger partial charge in [-0.05, 0) is 64.4 Å². The minimum atomic E-state index is -0.607. The van der Waals surface area contributed by atoms with Gasteiger partial charge in [0.1, 0.15) is 16.9 Å². The van der Waals surface area contributed by atoms with Crippen LogP contribution in [0.1, 0.15) is 55.2 Å². The third-order valence-electron chi connectivity index (χ3n) is 6.55. The van der Waals surface area contributed by atoms with E-state index < -0.39 is 11.6 Å². The van der Waals surface area contributed by atoms with E-state index in [2.05, 4.69) is 5.32 Å². The van der Waals surface area contributed by atoms with Crippen molar-refractivity contribution in [2.45, 2.75) is 46.3 Å². The molecule has 194 valence electrons. The summed E-state index contributed by atoms with van der Waals surface area (Å²) in [6, 6.07) is 20.5. The van der Waals surface area contributed by atoms with Crippen LogP contribution in [-0.4, -0.2) is 16.1 Å². The Labute approximate surface area is 221 Å². The van der Waals surface area contributed by atoms with E-state index in [-0.39, 0.29) is 11.5 Å². The predicted octanol–water partition coefficient (Wildman–Crippen LogP) is 7.39. The second kappa shape index (κ2) is 9.53. The molecule has 5 rings (SSSR count). The molecular formula is C32H32N2O4. The Kier molecular flexibility index (Phi) is 6.35. The number of esters is 1. The highest BCUT2D eigenvalue weighted by atomic mass is 16.6. The van der Waals surface area contributed by atoms with E-state index in [0.29, 0.717) is 28.0 Å². The Morgan fingerprint density at radius 2 is 1.71 bits per heavy atom. The van der Waals surface area contributed by atoms with E-state index in [1.165, 1.54) is 0 Å². The second-order valence-electron chi connectivity index (χ2n) is 10.8. The molecule has 1 N–H and O–H groups in total. The molecule has 2 heterocycles. The predicted molar refractivity (Wildman–Crippen MR) is 153 cm³/mol.